The summed E-state index contributed by atoms with van der Waals surface area (Å²) in [5.41, 5.74) is 0.242. The zero-order valence-corrected chi connectivity index (χ0v) is 10.0. The van der Waals surface area contributed by atoms with E-state index < -0.39 is 11.9 Å². The highest BCUT2D eigenvalue weighted by atomic mass is 19.1. The minimum atomic E-state index is -0.530. The number of nitrogens with one attached hydrogen (secondary N) is 2. The van der Waals surface area contributed by atoms with Crippen LogP contribution < -0.4 is 10.6 Å². The van der Waals surface area contributed by atoms with Gasteiger partial charge in [-0.05, 0) is 25.1 Å². The lowest BCUT2D eigenvalue weighted by Crippen LogP contribution is -2.35. The Bertz CT molecular complexity index is 424. The van der Waals surface area contributed by atoms with Gasteiger partial charge in [-0.1, -0.05) is 6.07 Å². The van der Waals surface area contributed by atoms with Gasteiger partial charge in [0.2, 0.25) is 0 Å². The van der Waals surface area contributed by atoms with E-state index in [0.29, 0.717) is 6.61 Å². The summed E-state index contributed by atoms with van der Waals surface area (Å²) in [6.45, 7) is 2.49. The summed E-state index contributed by atoms with van der Waals surface area (Å²) in [4.78, 5) is 22.5. The molecule has 0 saturated carbocycles. The van der Waals surface area contributed by atoms with Crippen LogP contribution >= 0.6 is 0 Å². The molecule has 0 aliphatic rings. The van der Waals surface area contributed by atoms with Crippen LogP contribution in [0.25, 0.3) is 0 Å². The molecular formula is C12H15FN2O3. The molecule has 0 heterocycles. The van der Waals surface area contributed by atoms with Gasteiger partial charge >= 0.3 is 6.09 Å². The average molecular weight is 254 g/mol. The fourth-order valence-corrected chi connectivity index (χ4v) is 1.25. The molecule has 1 rings (SSSR count). The topological polar surface area (TPSA) is 67.4 Å². The van der Waals surface area contributed by atoms with Crippen LogP contribution in [-0.4, -0.2) is 31.7 Å². The molecule has 0 spiro atoms. The first-order valence-electron chi connectivity index (χ1n) is 5.58. The van der Waals surface area contributed by atoms with Crippen LogP contribution in [0.4, 0.5) is 9.18 Å². The van der Waals surface area contributed by atoms with Crippen LogP contribution in [0.3, 0.4) is 0 Å². The number of hydrogen-bond acceptors (Lipinski definition) is 3. The highest BCUT2D eigenvalue weighted by molar-refractivity contribution is 5.94. The Morgan fingerprint density at radius 1 is 1.28 bits per heavy atom. The van der Waals surface area contributed by atoms with Crippen LogP contribution in [-0.2, 0) is 4.74 Å². The van der Waals surface area contributed by atoms with E-state index >= 15 is 0 Å². The summed E-state index contributed by atoms with van der Waals surface area (Å²) in [5, 5.41) is 5.00. The Hall–Kier alpha value is -2.11. The molecule has 0 saturated heterocycles. The van der Waals surface area contributed by atoms with Crippen molar-refractivity contribution in [1.29, 1.82) is 0 Å². The van der Waals surface area contributed by atoms with E-state index in [1.54, 1.807) is 6.92 Å². The summed E-state index contributed by atoms with van der Waals surface area (Å²) in [7, 11) is 0. The van der Waals surface area contributed by atoms with Gasteiger partial charge in [0.25, 0.3) is 5.91 Å². The van der Waals surface area contributed by atoms with Gasteiger partial charge in [-0.25, -0.2) is 9.18 Å². The van der Waals surface area contributed by atoms with Crippen LogP contribution in [0.5, 0.6) is 0 Å². The second kappa shape index (κ2) is 7.26. The third-order valence-corrected chi connectivity index (χ3v) is 2.04. The van der Waals surface area contributed by atoms with Crippen LogP contribution in [0.1, 0.15) is 17.3 Å². The predicted molar refractivity (Wildman–Crippen MR) is 63.8 cm³/mol. The van der Waals surface area contributed by atoms with Gasteiger partial charge in [0.15, 0.2) is 0 Å². The second-order valence-corrected chi connectivity index (χ2v) is 3.41. The predicted octanol–water partition coefficient (Wildman–Crippen LogP) is 1.30. The number of halogens is 1. The molecule has 2 amide bonds. The molecule has 0 aliphatic heterocycles. The molecule has 6 heteroatoms. The Labute approximate surface area is 104 Å². The lowest BCUT2D eigenvalue weighted by molar-refractivity contribution is 0.0952. The van der Waals surface area contributed by atoms with Gasteiger partial charge in [0, 0.05) is 18.7 Å². The number of rotatable bonds is 5. The normalized spacial score (nSPS) is 9.67. The number of hydrogen-bond donors (Lipinski definition) is 2. The maximum absolute atomic E-state index is 12.9. The maximum atomic E-state index is 12.9. The van der Waals surface area contributed by atoms with Gasteiger partial charge in [0.05, 0.1) is 6.61 Å². The maximum Gasteiger partial charge on any atom is 0.407 e. The van der Waals surface area contributed by atoms with E-state index in [1.807, 2.05) is 0 Å². The third kappa shape index (κ3) is 4.82. The van der Waals surface area contributed by atoms with Crippen LogP contribution in [0.15, 0.2) is 24.3 Å². The number of ether oxygens (including phenoxy) is 1. The zero-order valence-electron chi connectivity index (χ0n) is 10.0. The number of alkyl carbamates (subject to hydrolysis) is 1. The van der Waals surface area contributed by atoms with Crippen molar-refractivity contribution in [3.8, 4) is 0 Å². The van der Waals surface area contributed by atoms with E-state index in [0.717, 1.165) is 6.07 Å². The molecule has 18 heavy (non-hydrogen) atoms. The summed E-state index contributed by atoms with van der Waals surface area (Å²) in [5.74, 6) is -0.854. The molecule has 0 aliphatic carbocycles. The molecule has 98 valence electrons. The Morgan fingerprint density at radius 2 is 2.00 bits per heavy atom. The second-order valence-electron chi connectivity index (χ2n) is 3.41. The highest BCUT2D eigenvalue weighted by Gasteiger charge is 2.05. The van der Waals surface area contributed by atoms with Crippen molar-refractivity contribution < 1.29 is 18.7 Å². The van der Waals surface area contributed by atoms with Gasteiger partial charge in [-0.15, -0.1) is 0 Å². The van der Waals surface area contributed by atoms with Crippen molar-refractivity contribution in [2.24, 2.45) is 0 Å². The van der Waals surface area contributed by atoms with Gasteiger partial charge in [-0.2, -0.15) is 0 Å². The minimum absolute atomic E-state index is 0.242. The van der Waals surface area contributed by atoms with E-state index in [2.05, 4.69) is 15.4 Å². The number of carbonyl (C=O) groups excluding carboxylic acids is 2. The summed E-state index contributed by atoms with van der Waals surface area (Å²) in [6, 6.07) is 5.38. The van der Waals surface area contributed by atoms with Crippen molar-refractivity contribution in [3.05, 3.63) is 35.6 Å². The lowest BCUT2D eigenvalue weighted by atomic mass is 10.2. The third-order valence-electron chi connectivity index (χ3n) is 2.04. The van der Waals surface area contributed by atoms with Crippen molar-refractivity contribution in [2.75, 3.05) is 19.7 Å². The first-order valence-corrected chi connectivity index (χ1v) is 5.58. The first-order chi connectivity index (χ1) is 8.63. The van der Waals surface area contributed by atoms with Gasteiger partial charge < -0.3 is 15.4 Å². The molecule has 5 nitrogen and oxygen atoms in total. The Kier molecular flexibility index (Phi) is 5.63. The van der Waals surface area contributed by atoms with Crippen LogP contribution in [0, 0.1) is 5.82 Å². The summed E-state index contributed by atoms with van der Waals surface area (Å²) >= 11 is 0. The molecule has 0 unspecified atom stereocenters. The van der Waals surface area contributed by atoms with E-state index in [9.17, 15) is 14.0 Å². The molecule has 0 bridgehead atoms. The Morgan fingerprint density at radius 3 is 2.67 bits per heavy atom. The lowest BCUT2D eigenvalue weighted by Gasteiger charge is -2.07. The van der Waals surface area contributed by atoms with Gasteiger partial charge in [0.1, 0.15) is 5.82 Å². The molecule has 1 aromatic carbocycles. The molecule has 0 aromatic heterocycles. The fourth-order valence-electron chi connectivity index (χ4n) is 1.25. The molecule has 0 radical (unpaired) electrons. The van der Waals surface area contributed by atoms with Crippen molar-refractivity contribution in [3.63, 3.8) is 0 Å². The summed E-state index contributed by atoms with van der Waals surface area (Å²) < 4.78 is 17.5. The number of carbonyl (C=O) groups is 2. The molecule has 1 aromatic rings. The summed E-state index contributed by atoms with van der Waals surface area (Å²) in [6.07, 6.45) is -0.530. The monoisotopic (exact) mass is 254 g/mol. The quantitative estimate of drug-likeness (QED) is 0.778. The minimum Gasteiger partial charge on any atom is -0.450 e. The number of benzene rings is 1. The van der Waals surface area contributed by atoms with Crippen LogP contribution in [0.2, 0.25) is 0 Å². The highest BCUT2D eigenvalue weighted by Crippen LogP contribution is 2.02. The van der Waals surface area contributed by atoms with Crippen molar-refractivity contribution >= 4 is 12.0 Å². The largest absolute Gasteiger partial charge is 0.450 e. The molecule has 2 N–H and O–H groups in total. The Balaban J connectivity index is 2.27. The van der Waals surface area contributed by atoms with E-state index in [1.165, 1.54) is 18.2 Å². The van der Waals surface area contributed by atoms with E-state index in [4.69, 9.17) is 0 Å². The number of amides is 2. The first kappa shape index (κ1) is 14.0. The SMILES string of the molecule is CCOC(=O)NCCNC(=O)c1cccc(F)c1. The van der Waals surface area contributed by atoms with Crippen molar-refractivity contribution in [1.82, 2.24) is 10.6 Å². The molecular weight excluding hydrogens is 239 g/mol. The molecule has 0 atom stereocenters. The standard InChI is InChI=1S/C12H15FN2O3/c1-2-18-12(17)15-7-6-14-11(16)9-4-3-5-10(13)8-9/h3-5,8H,2,6-7H2,1H3,(H,14,16)(H,15,17). The fraction of sp³-hybridized carbons (Fsp3) is 0.333. The van der Waals surface area contributed by atoms with E-state index in [-0.39, 0.29) is 24.6 Å². The van der Waals surface area contributed by atoms with Gasteiger partial charge in [-0.3, -0.25) is 4.79 Å². The average Bonchev–Trinajstić information content (AvgIpc) is 2.35. The molecule has 0 fully saturated rings. The smallest absolute Gasteiger partial charge is 0.407 e. The zero-order chi connectivity index (χ0) is 13.4. The van der Waals surface area contributed by atoms with Crippen molar-refractivity contribution in [2.45, 2.75) is 6.92 Å².